The summed E-state index contributed by atoms with van der Waals surface area (Å²) < 4.78 is 30.1. The monoisotopic (exact) mass is 333 g/mol. The van der Waals surface area contributed by atoms with Crippen LogP contribution in [0.4, 0.5) is 14.6 Å². The predicted molar refractivity (Wildman–Crippen MR) is 85.4 cm³/mol. The Morgan fingerprint density at radius 3 is 2.58 bits per heavy atom. The molecule has 1 amide bonds. The van der Waals surface area contributed by atoms with Crippen LogP contribution in [-0.2, 0) is 11.8 Å². The predicted octanol–water partition coefficient (Wildman–Crippen LogP) is 2.88. The summed E-state index contributed by atoms with van der Waals surface area (Å²) in [4.78, 5) is 16.8. The summed E-state index contributed by atoms with van der Waals surface area (Å²) in [5, 5.41) is 6.85. The van der Waals surface area contributed by atoms with Crippen molar-refractivity contribution in [3.8, 4) is 0 Å². The van der Waals surface area contributed by atoms with Gasteiger partial charge in [0.1, 0.15) is 6.04 Å². The highest BCUT2D eigenvalue weighted by Crippen LogP contribution is 2.26. The molecule has 1 atom stereocenters. The van der Waals surface area contributed by atoms with Crippen LogP contribution in [0.2, 0.25) is 0 Å². The minimum atomic E-state index is -0.975. The average molecular weight is 333 g/mol. The van der Waals surface area contributed by atoms with Crippen molar-refractivity contribution in [2.24, 2.45) is 13.0 Å². The molecule has 24 heavy (non-hydrogen) atoms. The second kappa shape index (κ2) is 6.03. The molecule has 0 aliphatic carbocycles. The Kier molecular flexibility index (Phi) is 4.04. The number of amides is 1. The number of fused-ring (bicyclic) bond motifs is 1. The van der Waals surface area contributed by atoms with Crippen molar-refractivity contribution in [2.75, 3.05) is 5.32 Å². The number of anilines is 1. The standard InChI is InChI=1S/C16H17F2N5O/c1-9(2)15(16(24)20-14-4-5-22(3)21-14)23-8-19-12-6-10(17)11(18)7-13(12)23/h4-9,15H,1-3H3,(H,20,21,24)/t15-/m0/s1. The Labute approximate surface area is 137 Å². The van der Waals surface area contributed by atoms with Gasteiger partial charge in [0.2, 0.25) is 5.91 Å². The molecule has 126 valence electrons. The Hall–Kier alpha value is -2.77. The molecule has 1 aromatic carbocycles. The van der Waals surface area contributed by atoms with Gasteiger partial charge in [-0.15, -0.1) is 0 Å². The van der Waals surface area contributed by atoms with Gasteiger partial charge >= 0.3 is 0 Å². The first-order chi connectivity index (χ1) is 11.4. The molecule has 2 heterocycles. The van der Waals surface area contributed by atoms with Gasteiger partial charge in [-0.1, -0.05) is 13.8 Å². The maximum atomic E-state index is 13.6. The molecule has 6 nitrogen and oxygen atoms in total. The van der Waals surface area contributed by atoms with Gasteiger partial charge in [-0.25, -0.2) is 13.8 Å². The highest BCUT2D eigenvalue weighted by atomic mass is 19.2. The average Bonchev–Trinajstić information content (AvgIpc) is 3.07. The van der Waals surface area contributed by atoms with Crippen molar-refractivity contribution in [3.05, 3.63) is 42.4 Å². The number of carbonyl (C=O) groups is 1. The van der Waals surface area contributed by atoms with Gasteiger partial charge in [-0.3, -0.25) is 9.48 Å². The fourth-order valence-corrected chi connectivity index (χ4v) is 2.68. The number of halogens is 2. The molecule has 3 aromatic rings. The van der Waals surface area contributed by atoms with E-state index in [1.165, 1.54) is 6.33 Å². The van der Waals surface area contributed by atoms with Crippen LogP contribution in [0.1, 0.15) is 19.9 Å². The van der Waals surface area contributed by atoms with Gasteiger partial charge in [-0.2, -0.15) is 5.10 Å². The summed E-state index contributed by atoms with van der Waals surface area (Å²) >= 11 is 0. The van der Waals surface area contributed by atoms with E-state index in [1.807, 2.05) is 13.8 Å². The maximum Gasteiger partial charge on any atom is 0.248 e. The van der Waals surface area contributed by atoms with Crippen LogP contribution in [0.15, 0.2) is 30.7 Å². The van der Waals surface area contributed by atoms with Crippen molar-refractivity contribution >= 4 is 22.8 Å². The summed E-state index contributed by atoms with van der Waals surface area (Å²) in [6.45, 7) is 3.74. The SMILES string of the molecule is CC(C)[C@@H](C(=O)Nc1ccn(C)n1)n1cnc2cc(F)c(F)cc21. The molecule has 1 N–H and O–H groups in total. The summed E-state index contributed by atoms with van der Waals surface area (Å²) in [5.41, 5.74) is 0.661. The van der Waals surface area contributed by atoms with Gasteiger partial charge < -0.3 is 9.88 Å². The third-order valence-electron chi connectivity index (χ3n) is 3.78. The Morgan fingerprint density at radius 2 is 1.96 bits per heavy atom. The molecule has 0 aliphatic heterocycles. The lowest BCUT2D eigenvalue weighted by Gasteiger charge is -2.22. The van der Waals surface area contributed by atoms with E-state index in [9.17, 15) is 13.6 Å². The normalized spacial score (nSPS) is 12.8. The zero-order valence-electron chi connectivity index (χ0n) is 13.5. The van der Waals surface area contributed by atoms with E-state index >= 15 is 0 Å². The van der Waals surface area contributed by atoms with Crippen LogP contribution in [0, 0.1) is 17.6 Å². The van der Waals surface area contributed by atoms with Gasteiger partial charge in [0.25, 0.3) is 0 Å². The van der Waals surface area contributed by atoms with Crippen LogP contribution < -0.4 is 5.32 Å². The second-order valence-electron chi connectivity index (χ2n) is 5.96. The topological polar surface area (TPSA) is 64.7 Å². The summed E-state index contributed by atoms with van der Waals surface area (Å²) in [6.07, 6.45) is 3.14. The van der Waals surface area contributed by atoms with Crippen molar-refractivity contribution in [1.82, 2.24) is 19.3 Å². The number of benzene rings is 1. The van der Waals surface area contributed by atoms with Crippen molar-refractivity contribution in [3.63, 3.8) is 0 Å². The first-order valence-corrected chi connectivity index (χ1v) is 7.49. The van der Waals surface area contributed by atoms with Crippen LogP contribution >= 0.6 is 0 Å². The van der Waals surface area contributed by atoms with Crippen LogP contribution in [0.25, 0.3) is 11.0 Å². The third kappa shape index (κ3) is 2.86. The van der Waals surface area contributed by atoms with Crippen molar-refractivity contribution in [2.45, 2.75) is 19.9 Å². The number of aromatic nitrogens is 4. The molecule has 0 radical (unpaired) electrons. The van der Waals surface area contributed by atoms with E-state index < -0.39 is 17.7 Å². The van der Waals surface area contributed by atoms with E-state index in [4.69, 9.17) is 0 Å². The summed E-state index contributed by atoms with van der Waals surface area (Å²) in [5.74, 6) is -1.91. The third-order valence-corrected chi connectivity index (χ3v) is 3.78. The minimum Gasteiger partial charge on any atom is -0.318 e. The van der Waals surface area contributed by atoms with E-state index in [2.05, 4.69) is 15.4 Å². The molecule has 0 aliphatic rings. The van der Waals surface area contributed by atoms with Crippen LogP contribution in [-0.4, -0.2) is 25.2 Å². The molecular weight excluding hydrogens is 316 g/mol. The molecule has 0 saturated heterocycles. The molecular formula is C16H17F2N5O. The van der Waals surface area contributed by atoms with Gasteiger partial charge in [0, 0.05) is 31.4 Å². The smallest absolute Gasteiger partial charge is 0.248 e. The maximum absolute atomic E-state index is 13.6. The molecule has 8 heteroatoms. The first kappa shape index (κ1) is 16.1. The Bertz CT molecular complexity index is 899. The van der Waals surface area contributed by atoms with Crippen molar-refractivity contribution < 1.29 is 13.6 Å². The second-order valence-corrected chi connectivity index (χ2v) is 5.96. The van der Waals surface area contributed by atoms with Crippen LogP contribution in [0.3, 0.4) is 0 Å². The number of hydrogen-bond acceptors (Lipinski definition) is 3. The Balaban J connectivity index is 1.99. The lowest BCUT2D eigenvalue weighted by Crippen LogP contribution is -2.29. The molecule has 0 bridgehead atoms. The minimum absolute atomic E-state index is 0.0979. The van der Waals surface area contributed by atoms with Gasteiger partial charge in [0.05, 0.1) is 17.4 Å². The first-order valence-electron chi connectivity index (χ1n) is 7.49. The van der Waals surface area contributed by atoms with E-state index in [0.29, 0.717) is 16.9 Å². The highest BCUT2D eigenvalue weighted by molar-refractivity contribution is 5.94. The lowest BCUT2D eigenvalue weighted by atomic mass is 10.0. The van der Waals surface area contributed by atoms with Gasteiger partial charge in [-0.05, 0) is 5.92 Å². The fourth-order valence-electron chi connectivity index (χ4n) is 2.68. The number of carbonyl (C=O) groups excluding carboxylic acids is 1. The number of nitrogens with zero attached hydrogens (tertiary/aromatic N) is 4. The number of hydrogen-bond donors (Lipinski definition) is 1. The fraction of sp³-hybridized carbons (Fsp3) is 0.312. The molecule has 0 spiro atoms. The summed E-state index contributed by atoms with van der Waals surface area (Å²) in [6, 6.07) is 3.12. The number of aryl methyl sites for hydroxylation is 1. The largest absolute Gasteiger partial charge is 0.318 e. The van der Waals surface area contributed by atoms with Crippen molar-refractivity contribution in [1.29, 1.82) is 0 Å². The molecule has 0 unspecified atom stereocenters. The number of nitrogens with one attached hydrogen (secondary N) is 1. The van der Waals surface area contributed by atoms with E-state index in [0.717, 1.165) is 12.1 Å². The highest BCUT2D eigenvalue weighted by Gasteiger charge is 2.26. The molecule has 0 fully saturated rings. The molecule has 2 aromatic heterocycles. The van der Waals surface area contributed by atoms with Gasteiger partial charge in [0.15, 0.2) is 17.5 Å². The summed E-state index contributed by atoms with van der Waals surface area (Å²) in [7, 11) is 1.75. The van der Waals surface area contributed by atoms with Crippen LogP contribution in [0.5, 0.6) is 0 Å². The zero-order valence-corrected chi connectivity index (χ0v) is 13.5. The number of imidazole rings is 1. The molecule has 3 rings (SSSR count). The van der Waals surface area contributed by atoms with E-state index in [-0.39, 0.29) is 11.8 Å². The van der Waals surface area contributed by atoms with E-state index in [1.54, 1.807) is 28.6 Å². The zero-order chi connectivity index (χ0) is 17.4. The number of rotatable bonds is 4. The lowest BCUT2D eigenvalue weighted by molar-refractivity contribution is -0.120. The molecule has 0 saturated carbocycles. The Morgan fingerprint density at radius 1 is 1.25 bits per heavy atom. The quantitative estimate of drug-likeness (QED) is 0.798.